The topological polar surface area (TPSA) is 95.7 Å². The maximum atomic E-state index is 11.8. The number of benzene rings is 2. The number of nitrogens with two attached hydrogens (primary N) is 1. The van der Waals surface area contributed by atoms with Crippen LogP contribution in [0.3, 0.4) is 0 Å². The first-order chi connectivity index (χ1) is 10.9. The van der Waals surface area contributed by atoms with E-state index in [1.54, 1.807) is 0 Å². The van der Waals surface area contributed by atoms with Crippen LogP contribution in [0.4, 0.5) is 0 Å². The minimum absolute atomic E-state index is 0.0584. The molecule has 0 aromatic heterocycles. The van der Waals surface area contributed by atoms with Crippen molar-refractivity contribution in [2.45, 2.75) is 11.8 Å². The Balaban J connectivity index is 1.84. The van der Waals surface area contributed by atoms with Crippen LogP contribution in [-0.2, 0) is 14.8 Å². The highest BCUT2D eigenvalue weighted by atomic mass is 32.2. The molecule has 0 saturated carbocycles. The Morgan fingerprint density at radius 2 is 1.70 bits per heavy atom. The van der Waals surface area contributed by atoms with Crippen LogP contribution >= 0.6 is 0 Å². The largest absolute Gasteiger partial charge is 0.490 e. The number of aryl methyl sites for hydroxylation is 1. The fraction of sp³-hybridized carbons (Fsp3) is 0.188. The minimum Gasteiger partial charge on any atom is -0.490 e. The van der Waals surface area contributed by atoms with Gasteiger partial charge in [-0.15, -0.1) is 0 Å². The number of carbonyl (C=O) groups excluding carboxylic acids is 1. The number of rotatable bonds is 6. The third-order valence-electron chi connectivity index (χ3n) is 3.09. The van der Waals surface area contributed by atoms with Crippen molar-refractivity contribution in [2.24, 2.45) is 5.14 Å². The van der Waals surface area contributed by atoms with Gasteiger partial charge in [0.1, 0.15) is 19.0 Å². The Morgan fingerprint density at radius 3 is 2.30 bits per heavy atom. The van der Waals surface area contributed by atoms with Crippen LogP contribution in [0.2, 0.25) is 0 Å². The van der Waals surface area contributed by atoms with Crippen molar-refractivity contribution in [1.82, 2.24) is 0 Å². The summed E-state index contributed by atoms with van der Waals surface area (Å²) in [5.74, 6) is 0.181. The molecule has 0 spiro atoms. The van der Waals surface area contributed by atoms with Crippen molar-refractivity contribution in [2.75, 3.05) is 13.2 Å². The molecule has 0 saturated heterocycles. The molecule has 0 aliphatic rings. The summed E-state index contributed by atoms with van der Waals surface area (Å²) in [6.07, 6.45) is 0. The van der Waals surface area contributed by atoms with Gasteiger partial charge in [0.05, 0.1) is 10.5 Å². The monoisotopic (exact) mass is 335 g/mol. The fourth-order valence-electron chi connectivity index (χ4n) is 1.87. The van der Waals surface area contributed by atoms with E-state index in [-0.39, 0.29) is 23.7 Å². The van der Waals surface area contributed by atoms with Crippen LogP contribution in [0, 0.1) is 6.92 Å². The van der Waals surface area contributed by atoms with Crippen molar-refractivity contribution >= 4 is 16.0 Å². The second kappa shape index (κ2) is 7.26. The molecular weight excluding hydrogens is 318 g/mol. The molecule has 7 heteroatoms. The average molecular weight is 335 g/mol. The lowest BCUT2D eigenvalue weighted by Gasteiger charge is -2.09. The van der Waals surface area contributed by atoms with Gasteiger partial charge in [0.2, 0.25) is 10.0 Å². The van der Waals surface area contributed by atoms with E-state index in [2.05, 4.69) is 0 Å². The summed E-state index contributed by atoms with van der Waals surface area (Å²) in [5.41, 5.74) is 1.24. The van der Waals surface area contributed by atoms with Gasteiger partial charge >= 0.3 is 5.97 Å². The summed E-state index contributed by atoms with van der Waals surface area (Å²) in [7, 11) is -3.77. The molecule has 0 amide bonds. The van der Waals surface area contributed by atoms with Crippen molar-refractivity contribution in [3.05, 3.63) is 59.7 Å². The summed E-state index contributed by atoms with van der Waals surface area (Å²) < 4.78 is 32.8. The predicted octanol–water partition coefficient (Wildman–Crippen LogP) is 1.88. The lowest BCUT2D eigenvalue weighted by atomic mass is 10.2. The zero-order chi connectivity index (χ0) is 16.9. The van der Waals surface area contributed by atoms with E-state index in [1.165, 1.54) is 24.3 Å². The van der Waals surface area contributed by atoms with Gasteiger partial charge in [0.25, 0.3) is 0 Å². The Morgan fingerprint density at radius 1 is 1.04 bits per heavy atom. The summed E-state index contributed by atoms with van der Waals surface area (Å²) >= 11 is 0. The first-order valence-corrected chi connectivity index (χ1v) is 8.41. The highest BCUT2D eigenvalue weighted by Crippen LogP contribution is 2.16. The van der Waals surface area contributed by atoms with Gasteiger partial charge < -0.3 is 9.47 Å². The zero-order valence-corrected chi connectivity index (χ0v) is 13.4. The average Bonchev–Trinajstić information content (AvgIpc) is 2.52. The van der Waals surface area contributed by atoms with Crippen molar-refractivity contribution in [3.8, 4) is 5.75 Å². The summed E-state index contributed by atoms with van der Waals surface area (Å²) in [5, 5.41) is 4.99. The normalized spacial score (nSPS) is 11.0. The maximum absolute atomic E-state index is 11.8. The van der Waals surface area contributed by atoms with Crippen molar-refractivity contribution in [1.29, 1.82) is 0 Å². The molecule has 122 valence electrons. The van der Waals surface area contributed by atoms with Gasteiger partial charge in [-0.2, -0.15) is 0 Å². The second-order valence-corrected chi connectivity index (χ2v) is 6.38. The third-order valence-corrected chi connectivity index (χ3v) is 4.02. The summed E-state index contributed by atoms with van der Waals surface area (Å²) in [6, 6.07) is 12.8. The molecule has 0 fully saturated rings. The molecule has 0 aliphatic carbocycles. The van der Waals surface area contributed by atoms with Crippen molar-refractivity contribution < 1.29 is 22.7 Å². The van der Waals surface area contributed by atoms with E-state index in [4.69, 9.17) is 14.6 Å². The Labute approximate surface area is 134 Å². The standard InChI is InChI=1S/C16H17NO5S/c1-12-4-2-3-5-15(12)21-10-11-22-16(18)13-6-8-14(9-7-13)23(17,19)20/h2-9H,10-11H2,1H3,(H2,17,19,20). The Kier molecular flexibility index (Phi) is 5.36. The molecule has 0 heterocycles. The lowest BCUT2D eigenvalue weighted by Crippen LogP contribution is -2.14. The number of hydrogen-bond acceptors (Lipinski definition) is 5. The predicted molar refractivity (Wildman–Crippen MR) is 84.8 cm³/mol. The second-order valence-electron chi connectivity index (χ2n) is 4.82. The number of ether oxygens (including phenoxy) is 2. The van der Waals surface area contributed by atoms with E-state index in [1.807, 2.05) is 31.2 Å². The van der Waals surface area contributed by atoms with Gasteiger partial charge in [0.15, 0.2) is 0 Å². The van der Waals surface area contributed by atoms with E-state index in [9.17, 15) is 13.2 Å². The summed E-state index contributed by atoms with van der Waals surface area (Å²) in [4.78, 5) is 11.8. The van der Waals surface area contributed by atoms with Gasteiger partial charge in [-0.05, 0) is 42.8 Å². The number of hydrogen-bond donors (Lipinski definition) is 1. The van der Waals surface area contributed by atoms with Gasteiger partial charge in [-0.3, -0.25) is 0 Å². The first kappa shape index (κ1) is 17.0. The van der Waals surface area contributed by atoms with Gasteiger partial charge in [-0.1, -0.05) is 18.2 Å². The SMILES string of the molecule is Cc1ccccc1OCCOC(=O)c1ccc(S(N)(=O)=O)cc1. The quantitative estimate of drug-likeness (QED) is 0.642. The molecule has 0 atom stereocenters. The molecule has 0 aliphatic heterocycles. The number of carbonyl (C=O) groups is 1. The van der Waals surface area contributed by atoms with Crippen LogP contribution in [0.15, 0.2) is 53.4 Å². The number of primary sulfonamides is 1. The molecule has 6 nitrogen and oxygen atoms in total. The van der Waals surface area contributed by atoms with Gasteiger partial charge in [-0.25, -0.2) is 18.4 Å². The fourth-order valence-corrected chi connectivity index (χ4v) is 2.38. The number of para-hydroxylation sites is 1. The molecule has 0 radical (unpaired) electrons. The smallest absolute Gasteiger partial charge is 0.338 e. The zero-order valence-electron chi connectivity index (χ0n) is 12.6. The highest BCUT2D eigenvalue weighted by molar-refractivity contribution is 7.89. The Bertz CT molecular complexity index is 784. The van der Waals surface area contributed by atoms with E-state index < -0.39 is 16.0 Å². The molecular formula is C16H17NO5S. The molecule has 2 rings (SSSR count). The number of esters is 1. The van der Waals surface area contributed by atoms with E-state index in [0.29, 0.717) is 0 Å². The molecule has 2 N–H and O–H groups in total. The van der Waals surface area contributed by atoms with Crippen molar-refractivity contribution in [3.63, 3.8) is 0 Å². The van der Waals surface area contributed by atoms with Crippen LogP contribution in [-0.4, -0.2) is 27.6 Å². The molecule has 2 aromatic rings. The van der Waals surface area contributed by atoms with Gasteiger partial charge in [0, 0.05) is 0 Å². The minimum atomic E-state index is -3.77. The third kappa shape index (κ3) is 4.80. The van der Waals surface area contributed by atoms with Crippen LogP contribution in [0.5, 0.6) is 5.75 Å². The molecule has 2 aromatic carbocycles. The Hall–Kier alpha value is -2.38. The summed E-state index contributed by atoms with van der Waals surface area (Å²) in [6.45, 7) is 2.24. The maximum Gasteiger partial charge on any atom is 0.338 e. The van der Waals surface area contributed by atoms with E-state index in [0.717, 1.165) is 11.3 Å². The molecule has 23 heavy (non-hydrogen) atoms. The van der Waals surface area contributed by atoms with Crippen LogP contribution in [0.1, 0.15) is 15.9 Å². The van der Waals surface area contributed by atoms with E-state index >= 15 is 0 Å². The first-order valence-electron chi connectivity index (χ1n) is 6.86. The molecule has 0 unspecified atom stereocenters. The highest BCUT2D eigenvalue weighted by Gasteiger charge is 2.11. The number of sulfonamides is 1. The molecule has 0 bridgehead atoms. The van der Waals surface area contributed by atoms with Crippen LogP contribution in [0.25, 0.3) is 0 Å². The lowest BCUT2D eigenvalue weighted by molar-refractivity contribution is 0.0450. The van der Waals surface area contributed by atoms with Crippen LogP contribution < -0.4 is 9.88 Å².